The first-order valence-electron chi connectivity index (χ1n) is 10.9. The van der Waals surface area contributed by atoms with Crippen molar-refractivity contribution in [2.75, 3.05) is 12.4 Å². The molecule has 174 valence electrons. The maximum atomic E-state index is 13.2. The number of ether oxygens (including phenoxy) is 1. The van der Waals surface area contributed by atoms with Crippen molar-refractivity contribution in [2.24, 2.45) is 7.05 Å². The van der Waals surface area contributed by atoms with Crippen LogP contribution in [0.25, 0.3) is 22.6 Å². The van der Waals surface area contributed by atoms with Gasteiger partial charge in [-0.05, 0) is 42.0 Å². The monoisotopic (exact) mass is 466 g/mol. The van der Waals surface area contributed by atoms with Crippen molar-refractivity contribution < 1.29 is 14.1 Å². The molecule has 5 aromatic rings. The molecule has 3 aromatic heterocycles. The number of hydrogen-bond donors (Lipinski definition) is 1. The molecule has 5 rings (SSSR count). The van der Waals surface area contributed by atoms with Crippen LogP contribution in [-0.4, -0.2) is 37.9 Å². The number of carbonyl (C=O) groups is 1. The zero-order valence-electron chi connectivity index (χ0n) is 19.2. The first kappa shape index (κ1) is 22.0. The molecule has 9 nitrogen and oxygen atoms in total. The summed E-state index contributed by atoms with van der Waals surface area (Å²) in [6.07, 6.45) is 3.72. The van der Waals surface area contributed by atoms with Crippen molar-refractivity contribution in [3.63, 3.8) is 0 Å². The molecule has 0 spiro atoms. The fourth-order valence-electron chi connectivity index (χ4n) is 3.76. The Morgan fingerprint density at radius 3 is 2.66 bits per heavy atom. The van der Waals surface area contributed by atoms with E-state index in [1.54, 1.807) is 37.3 Å². The summed E-state index contributed by atoms with van der Waals surface area (Å²) in [5, 5.41) is 11.6. The maximum Gasteiger partial charge on any atom is 0.273 e. The van der Waals surface area contributed by atoms with Crippen LogP contribution in [0.15, 0.2) is 83.6 Å². The maximum absolute atomic E-state index is 13.2. The lowest BCUT2D eigenvalue weighted by molar-refractivity contribution is 0.101. The first-order valence-corrected chi connectivity index (χ1v) is 10.9. The minimum absolute atomic E-state index is 0.281. The van der Waals surface area contributed by atoms with E-state index in [4.69, 9.17) is 9.26 Å². The van der Waals surface area contributed by atoms with Crippen LogP contribution in [0.1, 0.15) is 21.9 Å². The Morgan fingerprint density at radius 2 is 1.83 bits per heavy atom. The summed E-state index contributed by atoms with van der Waals surface area (Å²) < 4.78 is 12.4. The summed E-state index contributed by atoms with van der Waals surface area (Å²) in [6, 6.07) is 20.4. The second kappa shape index (κ2) is 9.60. The lowest BCUT2D eigenvalue weighted by Gasteiger charge is -2.09. The molecule has 35 heavy (non-hydrogen) atoms. The number of amides is 1. The molecule has 0 fully saturated rings. The third kappa shape index (κ3) is 4.65. The molecule has 1 amide bonds. The van der Waals surface area contributed by atoms with Crippen LogP contribution in [0.3, 0.4) is 0 Å². The molecule has 0 radical (unpaired) electrons. The number of pyridine rings is 1. The fraction of sp³-hybridized carbons (Fsp3) is 0.115. The van der Waals surface area contributed by atoms with Crippen molar-refractivity contribution in [3.05, 3.63) is 96.3 Å². The average molecular weight is 467 g/mol. The number of nitrogens with one attached hydrogen (secondary N) is 1. The van der Waals surface area contributed by atoms with E-state index in [1.807, 2.05) is 60.7 Å². The number of para-hydroxylation sites is 2. The highest BCUT2D eigenvalue weighted by atomic mass is 16.5. The van der Waals surface area contributed by atoms with Crippen LogP contribution in [0.4, 0.5) is 5.69 Å². The van der Waals surface area contributed by atoms with Crippen molar-refractivity contribution in [2.45, 2.75) is 6.42 Å². The predicted octanol–water partition coefficient (Wildman–Crippen LogP) is 4.38. The van der Waals surface area contributed by atoms with Gasteiger partial charge in [0, 0.05) is 36.3 Å². The zero-order valence-corrected chi connectivity index (χ0v) is 19.2. The highest BCUT2D eigenvalue weighted by Gasteiger charge is 2.18. The normalized spacial score (nSPS) is 10.8. The van der Waals surface area contributed by atoms with E-state index >= 15 is 0 Å². The number of methoxy groups -OCH3 is 1. The van der Waals surface area contributed by atoms with E-state index in [0.717, 1.165) is 16.7 Å². The molecule has 0 unspecified atom stereocenters. The van der Waals surface area contributed by atoms with E-state index in [9.17, 15) is 4.79 Å². The highest BCUT2D eigenvalue weighted by molar-refractivity contribution is 6.04. The Labute approximate surface area is 201 Å². The third-order valence-corrected chi connectivity index (χ3v) is 5.51. The highest BCUT2D eigenvalue weighted by Crippen LogP contribution is 2.29. The van der Waals surface area contributed by atoms with Gasteiger partial charge >= 0.3 is 0 Å². The van der Waals surface area contributed by atoms with Gasteiger partial charge in [0.2, 0.25) is 11.7 Å². The van der Waals surface area contributed by atoms with Crippen LogP contribution in [0.2, 0.25) is 0 Å². The van der Waals surface area contributed by atoms with Gasteiger partial charge in [0.15, 0.2) is 0 Å². The van der Waals surface area contributed by atoms with Gasteiger partial charge in [-0.1, -0.05) is 35.5 Å². The summed E-state index contributed by atoms with van der Waals surface area (Å²) in [6.45, 7) is 0. The minimum Gasteiger partial charge on any atom is -0.496 e. The summed E-state index contributed by atoms with van der Waals surface area (Å²) in [4.78, 5) is 21.6. The van der Waals surface area contributed by atoms with E-state index in [2.05, 4.69) is 25.5 Å². The standard InChI is InChI=1S/C26H22N6O3/c1-32-22(16-21(30-32)19-8-4-6-10-23(19)34-2)26(33)28-20-9-5-3-7-18(20)15-24-29-25(31-35-24)17-11-13-27-14-12-17/h3-14,16H,15H2,1-2H3,(H,28,33). The molecular formula is C26H22N6O3. The Balaban J connectivity index is 1.36. The number of rotatable bonds is 7. The number of carbonyl (C=O) groups excluding carboxylic acids is 1. The van der Waals surface area contributed by atoms with Gasteiger partial charge in [0.1, 0.15) is 11.4 Å². The first-order chi connectivity index (χ1) is 17.1. The largest absolute Gasteiger partial charge is 0.496 e. The van der Waals surface area contributed by atoms with Gasteiger partial charge in [-0.25, -0.2) is 0 Å². The van der Waals surface area contributed by atoms with Crippen molar-refractivity contribution in [1.82, 2.24) is 24.9 Å². The van der Waals surface area contributed by atoms with Gasteiger partial charge in [-0.15, -0.1) is 0 Å². The summed E-state index contributed by atoms with van der Waals surface area (Å²) in [7, 11) is 3.34. The smallest absolute Gasteiger partial charge is 0.273 e. The number of aryl methyl sites for hydroxylation is 1. The SMILES string of the molecule is COc1ccccc1-c1cc(C(=O)Nc2ccccc2Cc2nc(-c3ccncc3)no2)n(C)n1. The number of hydrogen-bond acceptors (Lipinski definition) is 7. The summed E-state index contributed by atoms with van der Waals surface area (Å²) in [5.41, 5.74) is 4.19. The van der Waals surface area contributed by atoms with E-state index in [0.29, 0.717) is 41.0 Å². The molecule has 2 aromatic carbocycles. The summed E-state index contributed by atoms with van der Waals surface area (Å²) >= 11 is 0. The van der Waals surface area contributed by atoms with E-state index in [1.165, 1.54) is 0 Å². The topological polar surface area (TPSA) is 108 Å². The predicted molar refractivity (Wildman–Crippen MR) is 130 cm³/mol. The molecule has 0 saturated heterocycles. The molecule has 0 atom stereocenters. The molecular weight excluding hydrogens is 444 g/mol. The minimum atomic E-state index is -0.281. The Hall–Kier alpha value is -4.79. The molecule has 0 aliphatic rings. The molecule has 1 N–H and O–H groups in total. The zero-order chi connectivity index (χ0) is 24.2. The van der Waals surface area contributed by atoms with Crippen molar-refractivity contribution in [1.29, 1.82) is 0 Å². The van der Waals surface area contributed by atoms with Gasteiger partial charge in [-0.3, -0.25) is 14.5 Å². The second-order valence-corrected chi connectivity index (χ2v) is 7.77. The van der Waals surface area contributed by atoms with Crippen molar-refractivity contribution >= 4 is 11.6 Å². The Kier molecular flexibility index (Phi) is 6.04. The quantitative estimate of drug-likeness (QED) is 0.379. The van der Waals surface area contributed by atoms with Crippen LogP contribution >= 0.6 is 0 Å². The van der Waals surface area contributed by atoms with E-state index in [-0.39, 0.29) is 5.91 Å². The molecule has 0 saturated carbocycles. The Morgan fingerprint density at radius 1 is 1.06 bits per heavy atom. The molecule has 0 aliphatic carbocycles. The lowest BCUT2D eigenvalue weighted by Crippen LogP contribution is -2.17. The lowest BCUT2D eigenvalue weighted by atomic mass is 10.1. The van der Waals surface area contributed by atoms with Gasteiger partial charge in [0.05, 0.1) is 19.2 Å². The fourth-order valence-corrected chi connectivity index (χ4v) is 3.76. The number of aromatic nitrogens is 5. The van der Waals surface area contributed by atoms with Crippen LogP contribution < -0.4 is 10.1 Å². The van der Waals surface area contributed by atoms with Gasteiger partial charge in [-0.2, -0.15) is 10.1 Å². The van der Waals surface area contributed by atoms with Gasteiger partial charge in [0.25, 0.3) is 5.91 Å². The number of benzene rings is 2. The third-order valence-electron chi connectivity index (χ3n) is 5.51. The average Bonchev–Trinajstić information content (AvgIpc) is 3.52. The van der Waals surface area contributed by atoms with Crippen LogP contribution in [0.5, 0.6) is 5.75 Å². The van der Waals surface area contributed by atoms with Crippen molar-refractivity contribution in [3.8, 4) is 28.4 Å². The number of anilines is 1. The summed E-state index contributed by atoms with van der Waals surface area (Å²) in [5.74, 6) is 1.34. The molecule has 0 aliphatic heterocycles. The second-order valence-electron chi connectivity index (χ2n) is 7.77. The molecule has 9 heteroatoms. The Bertz CT molecular complexity index is 1480. The van der Waals surface area contributed by atoms with E-state index < -0.39 is 0 Å². The molecule has 0 bridgehead atoms. The molecule has 3 heterocycles. The van der Waals surface area contributed by atoms with Crippen LogP contribution in [-0.2, 0) is 13.5 Å². The number of nitrogens with zero attached hydrogens (tertiary/aromatic N) is 5. The van der Waals surface area contributed by atoms with Gasteiger partial charge < -0.3 is 14.6 Å². The van der Waals surface area contributed by atoms with Crippen LogP contribution in [0, 0.1) is 0 Å².